The number of ether oxygens (including phenoxy) is 1. The Kier molecular flexibility index (Phi) is 6.79. The van der Waals surface area contributed by atoms with Crippen LogP contribution in [0.15, 0.2) is 79.0 Å². The van der Waals surface area contributed by atoms with Crippen molar-refractivity contribution in [2.75, 3.05) is 6.61 Å². The number of hydrogen-bond acceptors (Lipinski definition) is 3. The van der Waals surface area contributed by atoms with Gasteiger partial charge in [0, 0.05) is 6.20 Å². The zero-order valence-corrected chi connectivity index (χ0v) is 16.3. The molecule has 28 heavy (non-hydrogen) atoms. The molecule has 0 radical (unpaired) electrons. The van der Waals surface area contributed by atoms with Crippen molar-refractivity contribution in [3.63, 3.8) is 0 Å². The molecule has 1 atom stereocenters. The van der Waals surface area contributed by atoms with Crippen molar-refractivity contribution < 1.29 is 9.53 Å². The van der Waals surface area contributed by atoms with Gasteiger partial charge in [0.1, 0.15) is 5.75 Å². The summed E-state index contributed by atoms with van der Waals surface area (Å²) in [6.45, 7) is 4.65. The highest BCUT2D eigenvalue weighted by Gasteiger charge is 2.17. The van der Waals surface area contributed by atoms with Crippen LogP contribution in [0.4, 0.5) is 0 Å². The van der Waals surface area contributed by atoms with Crippen molar-refractivity contribution in [3.05, 3.63) is 95.8 Å². The summed E-state index contributed by atoms with van der Waals surface area (Å²) in [7, 11) is 0. The first-order valence-electron chi connectivity index (χ1n) is 9.61. The third-order valence-corrected chi connectivity index (χ3v) is 4.57. The van der Waals surface area contributed by atoms with Crippen LogP contribution in [0.3, 0.4) is 0 Å². The second kappa shape index (κ2) is 9.70. The molecule has 1 heterocycles. The first-order valence-corrected chi connectivity index (χ1v) is 9.61. The summed E-state index contributed by atoms with van der Waals surface area (Å²) in [5, 5.41) is 3.08. The van der Waals surface area contributed by atoms with E-state index >= 15 is 0 Å². The second-order valence-corrected chi connectivity index (χ2v) is 6.99. The fourth-order valence-electron chi connectivity index (χ4n) is 2.96. The molecule has 0 saturated heterocycles. The SMILES string of the molecule is CC(C)c1ccc(OCCC(=O)NC(c2ccccc2)c2ccccn2)cc1. The number of carbonyl (C=O) groups excluding carboxylic acids is 1. The molecule has 4 nitrogen and oxygen atoms in total. The molecule has 0 aliphatic rings. The second-order valence-electron chi connectivity index (χ2n) is 6.99. The van der Waals surface area contributed by atoms with E-state index in [-0.39, 0.29) is 18.4 Å². The van der Waals surface area contributed by atoms with Gasteiger partial charge in [-0.25, -0.2) is 0 Å². The maximum Gasteiger partial charge on any atom is 0.224 e. The zero-order chi connectivity index (χ0) is 19.8. The molecule has 144 valence electrons. The molecule has 0 spiro atoms. The minimum atomic E-state index is -0.278. The molecular formula is C24H26N2O2. The van der Waals surface area contributed by atoms with Crippen LogP contribution in [0.2, 0.25) is 0 Å². The molecule has 0 saturated carbocycles. The number of rotatable bonds is 8. The van der Waals surface area contributed by atoms with Crippen LogP contribution in [-0.4, -0.2) is 17.5 Å². The Hall–Kier alpha value is -3.14. The molecule has 3 aromatic rings. The van der Waals surface area contributed by atoms with Crippen LogP contribution in [0.1, 0.15) is 49.0 Å². The van der Waals surface area contributed by atoms with Crippen molar-refractivity contribution in [2.24, 2.45) is 0 Å². The van der Waals surface area contributed by atoms with E-state index in [9.17, 15) is 4.79 Å². The van der Waals surface area contributed by atoms with Gasteiger partial charge in [0.2, 0.25) is 5.91 Å². The highest BCUT2D eigenvalue weighted by Crippen LogP contribution is 2.21. The Balaban J connectivity index is 1.58. The topological polar surface area (TPSA) is 51.2 Å². The number of nitrogens with one attached hydrogen (secondary N) is 1. The lowest BCUT2D eigenvalue weighted by Crippen LogP contribution is -2.30. The predicted octanol–water partition coefficient (Wildman–Crippen LogP) is 4.88. The molecule has 3 rings (SSSR count). The van der Waals surface area contributed by atoms with Crippen molar-refractivity contribution in [3.8, 4) is 5.75 Å². The van der Waals surface area contributed by atoms with Crippen LogP contribution in [0.25, 0.3) is 0 Å². The number of amides is 1. The summed E-state index contributed by atoms with van der Waals surface area (Å²) in [5.74, 6) is 1.20. The van der Waals surface area contributed by atoms with Gasteiger partial charge in [-0.2, -0.15) is 0 Å². The van der Waals surface area contributed by atoms with Gasteiger partial charge >= 0.3 is 0 Å². The molecule has 1 N–H and O–H groups in total. The lowest BCUT2D eigenvalue weighted by molar-refractivity contribution is -0.122. The van der Waals surface area contributed by atoms with Crippen molar-refractivity contribution >= 4 is 5.91 Å². The lowest BCUT2D eigenvalue weighted by Gasteiger charge is -2.19. The molecule has 0 fully saturated rings. The van der Waals surface area contributed by atoms with Gasteiger partial charge in [0.15, 0.2) is 0 Å². The first-order chi connectivity index (χ1) is 13.6. The fraction of sp³-hybridized carbons (Fsp3) is 0.250. The van der Waals surface area contributed by atoms with Crippen molar-refractivity contribution in [1.82, 2.24) is 10.3 Å². The van der Waals surface area contributed by atoms with E-state index in [0.29, 0.717) is 12.5 Å². The Morgan fingerprint density at radius 1 is 0.929 bits per heavy atom. The predicted molar refractivity (Wildman–Crippen MR) is 111 cm³/mol. The van der Waals surface area contributed by atoms with Crippen LogP contribution in [-0.2, 0) is 4.79 Å². The van der Waals surface area contributed by atoms with Crippen LogP contribution < -0.4 is 10.1 Å². The number of pyridine rings is 1. The van der Waals surface area contributed by atoms with Gasteiger partial charge < -0.3 is 10.1 Å². The highest BCUT2D eigenvalue weighted by molar-refractivity contribution is 5.77. The first kappa shape index (κ1) is 19.6. The van der Waals surface area contributed by atoms with E-state index in [1.807, 2.05) is 60.7 Å². The zero-order valence-electron chi connectivity index (χ0n) is 16.3. The van der Waals surface area contributed by atoms with Gasteiger partial charge in [-0.05, 0) is 41.3 Å². The fourth-order valence-corrected chi connectivity index (χ4v) is 2.96. The van der Waals surface area contributed by atoms with Gasteiger partial charge in [0.25, 0.3) is 0 Å². The minimum absolute atomic E-state index is 0.0710. The smallest absolute Gasteiger partial charge is 0.224 e. The van der Waals surface area contributed by atoms with E-state index in [0.717, 1.165) is 17.0 Å². The number of benzene rings is 2. The Labute approximate surface area is 166 Å². The maximum absolute atomic E-state index is 12.5. The molecule has 1 unspecified atom stereocenters. The normalized spacial score (nSPS) is 11.8. The summed E-state index contributed by atoms with van der Waals surface area (Å²) in [5.41, 5.74) is 3.08. The quantitative estimate of drug-likeness (QED) is 0.611. The summed E-state index contributed by atoms with van der Waals surface area (Å²) in [6, 6.07) is 23.3. The summed E-state index contributed by atoms with van der Waals surface area (Å²) in [4.78, 5) is 16.9. The third-order valence-electron chi connectivity index (χ3n) is 4.57. The molecular weight excluding hydrogens is 348 g/mol. The molecule has 0 bridgehead atoms. The Bertz CT molecular complexity index is 823. The summed E-state index contributed by atoms with van der Waals surface area (Å²) >= 11 is 0. The van der Waals surface area contributed by atoms with Gasteiger partial charge in [-0.1, -0.05) is 62.4 Å². The number of nitrogens with zero attached hydrogens (tertiary/aromatic N) is 1. The van der Waals surface area contributed by atoms with Crippen molar-refractivity contribution in [1.29, 1.82) is 0 Å². The van der Waals surface area contributed by atoms with E-state index in [4.69, 9.17) is 4.74 Å². The monoisotopic (exact) mass is 374 g/mol. The van der Waals surface area contributed by atoms with Crippen molar-refractivity contribution in [2.45, 2.75) is 32.2 Å². The lowest BCUT2D eigenvalue weighted by atomic mass is 10.0. The summed E-state index contributed by atoms with van der Waals surface area (Å²) in [6.07, 6.45) is 2.02. The summed E-state index contributed by atoms with van der Waals surface area (Å²) < 4.78 is 5.73. The highest BCUT2D eigenvalue weighted by atomic mass is 16.5. The van der Waals surface area contributed by atoms with Gasteiger partial charge in [0.05, 0.1) is 24.8 Å². The molecule has 0 aliphatic carbocycles. The van der Waals surface area contributed by atoms with E-state index < -0.39 is 0 Å². The number of aromatic nitrogens is 1. The number of carbonyl (C=O) groups is 1. The molecule has 2 aromatic carbocycles. The third kappa shape index (κ3) is 5.43. The van der Waals surface area contributed by atoms with Gasteiger partial charge in [-0.3, -0.25) is 9.78 Å². The molecule has 1 amide bonds. The number of hydrogen-bond donors (Lipinski definition) is 1. The average Bonchev–Trinajstić information content (AvgIpc) is 2.73. The van der Waals surface area contributed by atoms with Crippen LogP contribution in [0, 0.1) is 0 Å². The van der Waals surface area contributed by atoms with Gasteiger partial charge in [-0.15, -0.1) is 0 Å². The van der Waals surface area contributed by atoms with E-state index in [2.05, 4.69) is 36.3 Å². The standard InChI is InChI=1S/C24H26N2O2/c1-18(2)19-11-13-21(14-12-19)28-17-15-23(27)26-24(20-8-4-3-5-9-20)22-10-6-7-16-25-22/h3-14,16,18,24H,15,17H2,1-2H3,(H,26,27). The molecule has 0 aliphatic heterocycles. The Morgan fingerprint density at radius 2 is 1.64 bits per heavy atom. The average molecular weight is 374 g/mol. The van der Waals surface area contributed by atoms with Crippen LogP contribution >= 0.6 is 0 Å². The minimum Gasteiger partial charge on any atom is -0.493 e. The largest absolute Gasteiger partial charge is 0.493 e. The molecule has 1 aromatic heterocycles. The van der Waals surface area contributed by atoms with E-state index in [1.165, 1.54) is 5.56 Å². The Morgan fingerprint density at radius 3 is 2.29 bits per heavy atom. The maximum atomic E-state index is 12.5. The van der Waals surface area contributed by atoms with Crippen LogP contribution in [0.5, 0.6) is 5.75 Å². The molecule has 4 heteroatoms. The van der Waals surface area contributed by atoms with E-state index in [1.54, 1.807) is 6.20 Å².